The van der Waals surface area contributed by atoms with E-state index in [1.165, 1.54) is 23.9 Å². The summed E-state index contributed by atoms with van der Waals surface area (Å²) < 4.78 is 24.1. The SMILES string of the molecule is CCOc1ccccc1-c1nnc(SCc2ccc(F)cc2)o1. The van der Waals surface area contributed by atoms with Crippen LogP contribution in [0.3, 0.4) is 0 Å². The zero-order valence-corrected chi connectivity index (χ0v) is 13.3. The number of hydrogen-bond donors (Lipinski definition) is 0. The van der Waals surface area contributed by atoms with Crippen molar-refractivity contribution >= 4 is 11.8 Å². The Labute approximate surface area is 137 Å². The highest BCUT2D eigenvalue weighted by molar-refractivity contribution is 7.98. The van der Waals surface area contributed by atoms with E-state index in [4.69, 9.17) is 9.15 Å². The Kier molecular flexibility index (Phi) is 4.92. The van der Waals surface area contributed by atoms with Crippen LogP contribution in [-0.4, -0.2) is 16.8 Å². The van der Waals surface area contributed by atoms with Crippen LogP contribution in [0.25, 0.3) is 11.5 Å². The molecule has 23 heavy (non-hydrogen) atoms. The van der Waals surface area contributed by atoms with Crippen LogP contribution in [-0.2, 0) is 5.75 Å². The molecule has 0 aliphatic heterocycles. The molecule has 118 valence electrons. The number of hydrogen-bond acceptors (Lipinski definition) is 5. The highest BCUT2D eigenvalue weighted by Gasteiger charge is 2.13. The zero-order valence-electron chi connectivity index (χ0n) is 12.5. The summed E-state index contributed by atoms with van der Waals surface area (Å²) in [5.41, 5.74) is 1.77. The molecule has 0 aliphatic carbocycles. The Morgan fingerprint density at radius 3 is 2.65 bits per heavy atom. The lowest BCUT2D eigenvalue weighted by Crippen LogP contribution is -1.93. The van der Waals surface area contributed by atoms with Gasteiger partial charge in [-0.05, 0) is 36.8 Å². The molecular formula is C17H15FN2O2S. The maximum atomic E-state index is 12.9. The molecule has 0 atom stereocenters. The summed E-state index contributed by atoms with van der Waals surface area (Å²) in [6.45, 7) is 2.49. The second-order valence-corrected chi connectivity index (χ2v) is 5.64. The van der Waals surface area contributed by atoms with E-state index in [-0.39, 0.29) is 5.82 Å². The van der Waals surface area contributed by atoms with E-state index >= 15 is 0 Å². The van der Waals surface area contributed by atoms with Gasteiger partial charge in [0.05, 0.1) is 12.2 Å². The summed E-state index contributed by atoms with van der Waals surface area (Å²) >= 11 is 1.41. The predicted octanol–water partition coefficient (Wildman–Crippen LogP) is 4.57. The average Bonchev–Trinajstić information content (AvgIpc) is 3.04. The first-order valence-corrected chi connectivity index (χ1v) is 8.18. The van der Waals surface area contributed by atoms with Crippen molar-refractivity contribution in [3.8, 4) is 17.2 Å². The molecule has 0 bridgehead atoms. The van der Waals surface area contributed by atoms with Crippen molar-refractivity contribution < 1.29 is 13.5 Å². The van der Waals surface area contributed by atoms with Crippen LogP contribution in [0.5, 0.6) is 5.75 Å². The molecule has 1 heterocycles. The summed E-state index contributed by atoms with van der Waals surface area (Å²) in [7, 11) is 0. The lowest BCUT2D eigenvalue weighted by molar-refractivity contribution is 0.340. The largest absolute Gasteiger partial charge is 0.493 e. The fourth-order valence-corrected chi connectivity index (χ4v) is 2.75. The third-order valence-corrected chi connectivity index (χ3v) is 3.99. The molecule has 3 rings (SSSR count). The first-order chi connectivity index (χ1) is 11.3. The first-order valence-electron chi connectivity index (χ1n) is 7.19. The number of nitrogens with zero attached hydrogens (tertiary/aromatic N) is 2. The molecule has 0 aliphatic rings. The minimum absolute atomic E-state index is 0.244. The van der Waals surface area contributed by atoms with E-state index in [1.54, 1.807) is 12.1 Å². The number of benzene rings is 2. The first kappa shape index (κ1) is 15.6. The summed E-state index contributed by atoms with van der Waals surface area (Å²) in [5.74, 6) is 1.53. The smallest absolute Gasteiger partial charge is 0.277 e. The molecule has 3 aromatic rings. The Morgan fingerprint density at radius 2 is 1.87 bits per heavy atom. The van der Waals surface area contributed by atoms with Gasteiger partial charge >= 0.3 is 0 Å². The van der Waals surface area contributed by atoms with Crippen molar-refractivity contribution in [1.82, 2.24) is 10.2 Å². The molecule has 1 aromatic heterocycles. The zero-order chi connectivity index (χ0) is 16.1. The molecule has 0 unspecified atom stereocenters. The molecule has 0 radical (unpaired) electrons. The molecule has 2 aromatic carbocycles. The Morgan fingerprint density at radius 1 is 1.09 bits per heavy atom. The van der Waals surface area contributed by atoms with E-state index in [1.807, 2.05) is 31.2 Å². The van der Waals surface area contributed by atoms with Gasteiger partial charge < -0.3 is 9.15 Å². The van der Waals surface area contributed by atoms with Gasteiger partial charge in [-0.2, -0.15) is 0 Å². The highest BCUT2D eigenvalue weighted by atomic mass is 32.2. The fraction of sp³-hybridized carbons (Fsp3) is 0.176. The lowest BCUT2D eigenvalue weighted by Gasteiger charge is -2.06. The van der Waals surface area contributed by atoms with Crippen LogP contribution >= 0.6 is 11.8 Å². The standard InChI is InChI=1S/C17H15FN2O2S/c1-2-21-15-6-4-3-5-14(15)16-19-20-17(22-16)23-11-12-7-9-13(18)10-8-12/h3-10H,2,11H2,1H3. The number of ether oxygens (including phenoxy) is 1. The quantitative estimate of drug-likeness (QED) is 0.620. The van der Waals surface area contributed by atoms with Gasteiger partial charge in [-0.25, -0.2) is 4.39 Å². The van der Waals surface area contributed by atoms with Crippen molar-refractivity contribution in [1.29, 1.82) is 0 Å². The van der Waals surface area contributed by atoms with Crippen LogP contribution < -0.4 is 4.74 Å². The summed E-state index contributed by atoms with van der Waals surface area (Å²) in [5, 5.41) is 8.59. The van der Waals surface area contributed by atoms with Crippen molar-refractivity contribution in [3.05, 3.63) is 59.9 Å². The van der Waals surface area contributed by atoms with Gasteiger partial charge in [0.1, 0.15) is 11.6 Å². The minimum atomic E-state index is -0.244. The number of aromatic nitrogens is 2. The molecule has 0 fully saturated rings. The monoisotopic (exact) mass is 330 g/mol. The number of halogens is 1. The number of para-hydroxylation sites is 1. The Hall–Kier alpha value is -2.34. The summed E-state index contributed by atoms with van der Waals surface area (Å²) in [4.78, 5) is 0. The number of rotatable bonds is 6. The molecule has 0 saturated heterocycles. The van der Waals surface area contributed by atoms with Crippen LogP contribution in [0.1, 0.15) is 12.5 Å². The topological polar surface area (TPSA) is 48.2 Å². The molecule has 6 heteroatoms. The van der Waals surface area contributed by atoms with E-state index in [0.29, 0.717) is 29.2 Å². The molecule has 0 spiro atoms. The van der Waals surface area contributed by atoms with E-state index in [2.05, 4.69) is 10.2 Å². The molecule has 0 saturated carbocycles. The number of thioether (sulfide) groups is 1. The normalized spacial score (nSPS) is 10.7. The second-order valence-electron chi connectivity index (χ2n) is 4.72. The molecular weight excluding hydrogens is 315 g/mol. The van der Waals surface area contributed by atoms with Crippen molar-refractivity contribution in [2.24, 2.45) is 0 Å². The van der Waals surface area contributed by atoms with Gasteiger partial charge in [0.25, 0.3) is 11.1 Å². The lowest BCUT2D eigenvalue weighted by atomic mass is 10.2. The molecule has 0 N–H and O–H groups in total. The van der Waals surface area contributed by atoms with Gasteiger partial charge in [-0.1, -0.05) is 36.0 Å². The maximum Gasteiger partial charge on any atom is 0.277 e. The van der Waals surface area contributed by atoms with Crippen LogP contribution in [0.4, 0.5) is 4.39 Å². The van der Waals surface area contributed by atoms with Crippen molar-refractivity contribution in [2.45, 2.75) is 17.9 Å². The highest BCUT2D eigenvalue weighted by Crippen LogP contribution is 2.31. The van der Waals surface area contributed by atoms with Gasteiger partial charge in [-0.3, -0.25) is 0 Å². The second kappa shape index (κ2) is 7.28. The Balaban J connectivity index is 1.72. The fourth-order valence-electron chi connectivity index (χ4n) is 2.03. The van der Waals surface area contributed by atoms with E-state index < -0.39 is 0 Å². The third-order valence-electron chi connectivity index (χ3n) is 3.10. The predicted molar refractivity (Wildman–Crippen MR) is 86.9 cm³/mol. The Bertz CT molecular complexity index is 774. The van der Waals surface area contributed by atoms with Crippen LogP contribution in [0, 0.1) is 5.82 Å². The summed E-state index contributed by atoms with van der Waals surface area (Å²) in [6, 6.07) is 13.9. The average molecular weight is 330 g/mol. The van der Waals surface area contributed by atoms with Gasteiger partial charge in [-0.15, -0.1) is 10.2 Å². The maximum absolute atomic E-state index is 12.9. The van der Waals surface area contributed by atoms with Gasteiger partial charge in [0.2, 0.25) is 0 Å². The van der Waals surface area contributed by atoms with Crippen LogP contribution in [0.2, 0.25) is 0 Å². The van der Waals surface area contributed by atoms with Gasteiger partial charge in [0, 0.05) is 5.75 Å². The third kappa shape index (κ3) is 3.90. The van der Waals surface area contributed by atoms with E-state index in [9.17, 15) is 4.39 Å². The summed E-state index contributed by atoms with van der Waals surface area (Å²) in [6.07, 6.45) is 0. The van der Waals surface area contributed by atoms with Crippen molar-refractivity contribution in [2.75, 3.05) is 6.61 Å². The molecule has 4 nitrogen and oxygen atoms in total. The van der Waals surface area contributed by atoms with E-state index in [0.717, 1.165) is 11.1 Å². The van der Waals surface area contributed by atoms with Gasteiger partial charge in [0.15, 0.2) is 0 Å². The molecule has 0 amide bonds. The van der Waals surface area contributed by atoms with Crippen LogP contribution in [0.15, 0.2) is 58.2 Å². The minimum Gasteiger partial charge on any atom is -0.493 e. The van der Waals surface area contributed by atoms with Crippen molar-refractivity contribution in [3.63, 3.8) is 0 Å².